The molecule has 8 nitrogen and oxygen atoms in total. The third-order valence-corrected chi connectivity index (χ3v) is 4.67. The number of sulfonamides is 1. The van der Waals surface area contributed by atoms with Gasteiger partial charge in [-0.05, 0) is 17.7 Å². The summed E-state index contributed by atoms with van der Waals surface area (Å²) in [5.41, 5.74) is 1.89. The van der Waals surface area contributed by atoms with E-state index in [4.69, 9.17) is 19.5 Å². The maximum absolute atomic E-state index is 11.4. The van der Waals surface area contributed by atoms with Crippen LogP contribution in [0, 0.1) is 0 Å². The molecule has 1 atom stereocenters. The summed E-state index contributed by atoms with van der Waals surface area (Å²) in [7, 11) is -3.84. The molecule has 0 saturated heterocycles. The van der Waals surface area contributed by atoms with E-state index in [9.17, 15) is 13.2 Å². The van der Waals surface area contributed by atoms with E-state index in [1.54, 1.807) is 6.07 Å². The van der Waals surface area contributed by atoms with Crippen molar-refractivity contribution in [2.45, 2.75) is 11.0 Å². The van der Waals surface area contributed by atoms with Crippen LogP contribution in [-0.2, 0) is 19.6 Å². The molecule has 0 aliphatic rings. The molecule has 1 aromatic heterocycles. The number of carboxylic acid groups (broad SMARTS) is 1. The van der Waals surface area contributed by atoms with E-state index in [1.807, 2.05) is 30.3 Å². The van der Waals surface area contributed by atoms with Crippen molar-refractivity contribution in [3.05, 3.63) is 72.0 Å². The van der Waals surface area contributed by atoms with E-state index >= 15 is 0 Å². The molecule has 0 radical (unpaired) electrons. The minimum atomic E-state index is -3.84. The largest absolute Gasteiger partial charge is 0.480 e. The molecule has 1 unspecified atom stereocenters. The molecule has 0 aliphatic carbocycles. The van der Waals surface area contributed by atoms with Crippen LogP contribution in [0.5, 0.6) is 0 Å². The molecule has 0 fully saturated rings. The van der Waals surface area contributed by atoms with Gasteiger partial charge < -0.3 is 14.4 Å². The van der Waals surface area contributed by atoms with Crippen molar-refractivity contribution in [1.82, 2.24) is 5.16 Å². The van der Waals surface area contributed by atoms with Crippen molar-refractivity contribution in [3.63, 3.8) is 0 Å². The van der Waals surface area contributed by atoms with Gasteiger partial charge in [0.25, 0.3) is 0 Å². The molecule has 2 aromatic carbocycles. The Kier molecular flexibility index (Phi) is 5.36. The number of nitrogens with two attached hydrogens (primary N) is 1. The maximum atomic E-state index is 11.4. The number of carboxylic acids is 1. The van der Waals surface area contributed by atoms with Gasteiger partial charge in [0.15, 0.2) is 5.76 Å². The van der Waals surface area contributed by atoms with E-state index in [0.717, 1.165) is 5.56 Å². The Morgan fingerprint density at radius 1 is 1.15 bits per heavy atom. The lowest BCUT2D eigenvalue weighted by atomic mass is 10.1. The summed E-state index contributed by atoms with van der Waals surface area (Å²) in [5, 5.41) is 18.0. The van der Waals surface area contributed by atoms with Crippen LogP contribution in [0.2, 0.25) is 0 Å². The van der Waals surface area contributed by atoms with Gasteiger partial charge in [-0.3, -0.25) is 0 Å². The van der Waals surface area contributed by atoms with Gasteiger partial charge in [0, 0.05) is 11.6 Å². The van der Waals surface area contributed by atoms with Crippen LogP contribution in [0.25, 0.3) is 11.3 Å². The Hall–Kier alpha value is -3.01. The molecule has 9 heteroatoms. The number of ether oxygens (including phenoxy) is 1. The second-order valence-electron chi connectivity index (χ2n) is 5.68. The number of carbonyl (C=O) groups is 1. The van der Waals surface area contributed by atoms with E-state index < -0.39 is 28.7 Å². The monoisotopic (exact) mass is 388 g/mol. The highest BCUT2D eigenvalue weighted by Gasteiger charge is 2.22. The lowest BCUT2D eigenvalue weighted by molar-refractivity contribution is -0.144. The molecule has 0 aliphatic heterocycles. The third kappa shape index (κ3) is 4.59. The van der Waals surface area contributed by atoms with Crippen LogP contribution >= 0.6 is 0 Å². The molecular formula is C18H16N2O6S. The number of rotatable bonds is 7. The number of aliphatic carboxylic acids is 1. The zero-order valence-electron chi connectivity index (χ0n) is 14.0. The fraction of sp³-hybridized carbons (Fsp3) is 0.111. The molecule has 3 rings (SSSR count). The van der Waals surface area contributed by atoms with Crippen LogP contribution in [0.3, 0.4) is 0 Å². The minimum absolute atomic E-state index is 0.0641. The topological polar surface area (TPSA) is 133 Å². The fourth-order valence-corrected chi connectivity index (χ4v) is 3.00. The summed E-state index contributed by atoms with van der Waals surface area (Å²) in [5.74, 6) is -0.859. The van der Waals surface area contributed by atoms with Crippen LogP contribution < -0.4 is 5.14 Å². The van der Waals surface area contributed by atoms with E-state index in [2.05, 4.69) is 5.16 Å². The standard InChI is InChI=1S/C18H16N2O6S/c19-27(23,24)14-8-6-13(7-9-14)18(25-11-17(21)22)16-10-15(20-26-16)12-4-2-1-3-5-12/h1-10,18H,11H2,(H,21,22)(H2,19,23,24). The lowest BCUT2D eigenvalue weighted by Crippen LogP contribution is -2.14. The predicted molar refractivity (Wildman–Crippen MR) is 95.2 cm³/mol. The molecule has 3 N–H and O–H groups in total. The summed E-state index contributed by atoms with van der Waals surface area (Å²) >= 11 is 0. The summed E-state index contributed by atoms with van der Waals surface area (Å²) in [6.07, 6.45) is -0.874. The highest BCUT2D eigenvalue weighted by Crippen LogP contribution is 2.30. The first kappa shape index (κ1) is 18.8. The van der Waals surface area contributed by atoms with Gasteiger partial charge in [-0.1, -0.05) is 47.6 Å². The first-order valence-corrected chi connectivity index (χ1v) is 9.37. The summed E-state index contributed by atoms with van der Waals surface area (Å²) in [6, 6.07) is 16.5. The number of primary sulfonamides is 1. The Labute approximate surface area is 155 Å². The van der Waals surface area contributed by atoms with Gasteiger partial charge in [-0.15, -0.1) is 0 Å². The minimum Gasteiger partial charge on any atom is -0.480 e. The van der Waals surface area contributed by atoms with Crippen molar-refractivity contribution in [3.8, 4) is 11.3 Å². The lowest BCUT2D eigenvalue weighted by Gasteiger charge is -2.14. The quantitative estimate of drug-likeness (QED) is 0.634. The molecule has 1 heterocycles. The zero-order chi connectivity index (χ0) is 19.4. The van der Waals surface area contributed by atoms with Crippen molar-refractivity contribution in [2.24, 2.45) is 5.14 Å². The summed E-state index contributed by atoms with van der Waals surface area (Å²) < 4.78 is 33.6. The second-order valence-corrected chi connectivity index (χ2v) is 7.24. The highest BCUT2D eigenvalue weighted by atomic mass is 32.2. The zero-order valence-corrected chi connectivity index (χ0v) is 14.8. The Bertz CT molecular complexity index is 1030. The average Bonchev–Trinajstić information content (AvgIpc) is 3.12. The van der Waals surface area contributed by atoms with Gasteiger partial charge in [-0.2, -0.15) is 0 Å². The van der Waals surface area contributed by atoms with Gasteiger partial charge in [0.1, 0.15) is 18.4 Å². The smallest absolute Gasteiger partial charge is 0.329 e. The number of hydrogen-bond acceptors (Lipinski definition) is 6. The molecule has 0 bridgehead atoms. The van der Waals surface area contributed by atoms with Crippen LogP contribution in [0.4, 0.5) is 0 Å². The average molecular weight is 388 g/mol. The van der Waals surface area contributed by atoms with Crippen LogP contribution in [0.1, 0.15) is 17.4 Å². The molecule has 0 spiro atoms. The highest BCUT2D eigenvalue weighted by molar-refractivity contribution is 7.89. The fourth-order valence-electron chi connectivity index (χ4n) is 2.49. The number of nitrogens with zero attached hydrogens (tertiary/aromatic N) is 1. The second kappa shape index (κ2) is 7.70. The molecular weight excluding hydrogens is 372 g/mol. The van der Waals surface area contributed by atoms with Crippen LogP contribution in [-0.4, -0.2) is 31.3 Å². The Morgan fingerprint density at radius 2 is 1.81 bits per heavy atom. The van der Waals surface area contributed by atoms with Crippen LogP contribution in [0.15, 0.2) is 70.1 Å². The molecule has 0 amide bonds. The van der Waals surface area contributed by atoms with Gasteiger partial charge in [0.2, 0.25) is 10.0 Å². The molecule has 27 heavy (non-hydrogen) atoms. The predicted octanol–water partition coefficient (Wildman–Crippen LogP) is 2.18. The van der Waals surface area contributed by atoms with Gasteiger partial charge in [0.05, 0.1) is 4.90 Å². The molecule has 3 aromatic rings. The van der Waals surface area contributed by atoms with Gasteiger partial charge in [-0.25, -0.2) is 18.4 Å². The molecule has 140 valence electrons. The SMILES string of the molecule is NS(=O)(=O)c1ccc(C(OCC(=O)O)c2cc(-c3ccccc3)no2)cc1. The van der Waals surface area contributed by atoms with E-state index in [-0.39, 0.29) is 4.90 Å². The Balaban J connectivity index is 1.94. The number of hydrogen-bond donors (Lipinski definition) is 2. The summed E-state index contributed by atoms with van der Waals surface area (Å²) in [4.78, 5) is 10.8. The van der Waals surface area contributed by atoms with Crippen molar-refractivity contribution in [2.75, 3.05) is 6.61 Å². The van der Waals surface area contributed by atoms with Crippen molar-refractivity contribution in [1.29, 1.82) is 0 Å². The third-order valence-electron chi connectivity index (χ3n) is 3.74. The normalized spacial score (nSPS) is 12.6. The number of benzene rings is 2. The number of aromatic nitrogens is 1. The first-order chi connectivity index (χ1) is 12.8. The maximum Gasteiger partial charge on any atom is 0.329 e. The first-order valence-electron chi connectivity index (χ1n) is 7.83. The summed E-state index contributed by atoms with van der Waals surface area (Å²) in [6.45, 7) is -0.566. The van der Waals surface area contributed by atoms with Gasteiger partial charge >= 0.3 is 5.97 Å². The Morgan fingerprint density at radius 3 is 2.41 bits per heavy atom. The van der Waals surface area contributed by atoms with E-state index in [1.165, 1.54) is 24.3 Å². The van der Waals surface area contributed by atoms with E-state index in [0.29, 0.717) is 17.0 Å². The van der Waals surface area contributed by atoms with Crippen molar-refractivity contribution < 1.29 is 27.6 Å². The van der Waals surface area contributed by atoms with Crippen molar-refractivity contribution >= 4 is 16.0 Å². The molecule has 0 saturated carbocycles.